The Labute approximate surface area is 98.8 Å². The first-order valence-corrected chi connectivity index (χ1v) is 6.93. The van der Waals surface area contributed by atoms with Gasteiger partial charge in [-0.25, -0.2) is 0 Å². The van der Waals surface area contributed by atoms with Crippen LogP contribution in [-0.4, -0.2) is 23.8 Å². The number of likely N-dealkylation sites (N-methyl/N-ethyl adjacent to an activating group) is 1. The second-order valence-electron chi connectivity index (χ2n) is 6.72. The van der Waals surface area contributed by atoms with Crippen LogP contribution in [0.4, 0.5) is 0 Å². The van der Waals surface area contributed by atoms with Crippen molar-refractivity contribution < 1.29 is 5.11 Å². The Balaban J connectivity index is 1.90. The number of nitrogens with one attached hydrogen (secondary N) is 1. The summed E-state index contributed by atoms with van der Waals surface area (Å²) >= 11 is 0. The van der Waals surface area contributed by atoms with Gasteiger partial charge in [0.25, 0.3) is 0 Å². The topological polar surface area (TPSA) is 32.3 Å². The first-order chi connectivity index (χ1) is 7.51. The Hall–Kier alpha value is -0.0800. The Kier molecular flexibility index (Phi) is 2.09. The van der Waals surface area contributed by atoms with Crippen LogP contribution in [0.3, 0.4) is 0 Å². The molecule has 0 aliphatic heterocycles. The molecule has 2 N–H and O–H groups in total. The maximum Gasteiger partial charge on any atom is 0.0758 e. The lowest BCUT2D eigenvalue weighted by molar-refractivity contribution is 0.0471. The van der Waals surface area contributed by atoms with E-state index in [0.29, 0.717) is 11.5 Å². The first-order valence-electron chi connectivity index (χ1n) is 6.93. The molecule has 92 valence electrons. The normalized spacial score (nSPS) is 58.1. The summed E-state index contributed by atoms with van der Waals surface area (Å²) in [5, 5.41) is 14.1. The van der Waals surface area contributed by atoms with E-state index in [1.165, 1.54) is 12.8 Å². The van der Waals surface area contributed by atoms with E-state index in [0.717, 1.165) is 24.3 Å². The quantitative estimate of drug-likeness (QED) is 0.767. The van der Waals surface area contributed by atoms with E-state index in [2.05, 4.69) is 33.0 Å². The van der Waals surface area contributed by atoms with Crippen molar-refractivity contribution in [2.75, 3.05) is 6.54 Å². The van der Waals surface area contributed by atoms with Crippen molar-refractivity contribution >= 4 is 0 Å². The zero-order valence-corrected chi connectivity index (χ0v) is 11.0. The molecule has 3 saturated carbocycles. The Bertz CT molecular complexity index is 304. The minimum Gasteiger partial charge on any atom is -0.391 e. The summed E-state index contributed by atoms with van der Waals surface area (Å²) in [6, 6.07) is 0.374. The summed E-state index contributed by atoms with van der Waals surface area (Å²) in [4.78, 5) is 0. The fourth-order valence-electron chi connectivity index (χ4n) is 5.79. The molecule has 3 rings (SSSR count). The average Bonchev–Trinajstić information content (AvgIpc) is 2.76. The van der Waals surface area contributed by atoms with Crippen LogP contribution >= 0.6 is 0 Å². The molecule has 3 aliphatic carbocycles. The number of hydrogen-bond donors (Lipinski definition) is 2. The van der Waals surface area contributed by atoms with Crippen molar-refractivity contribution in [2.45, 2.75) is 52.7 Å². The highest BCUT2D eigenvalue weighted by Gasteiger charge is 2.87. The van der Waals surface area contributed by atoms with Gasteiger partial charge in [0, 0.05) is 11.5 Å². The third kappa shape index (κ3) is 0.862. The summed E-state index contributed by atoms with van der Waals surface area (Å²) in [5.41, 5.74) is 0.727. The van der Waals surface area contributed by atoms with Gasteiger partial charge in [-0.05, 0) is 42.6 Å². The summed E-state index contributed by atoms with van der Waals surface area (Å²) in [7, 11) is 0. The van der Waals surface area contributed by atoms with E-state index in [4.69, 9.17) is 0 Å². The van der Waals surface area contributed by atoms with Gasteiger partial charge in [-0.15, -0.1) is 0 Å². The highest BCUT2D eigenvalue weighted by atomic mass is 16.3. The molecule has 2 heteroatoms. The monoisotopic (exact) mass is 223 g/mol. The number of aliphatic hydroxyl groups excluding tert-OH is 1. The predicted octanol–water partition coefficient (Wildman–Crippen LogP) is 2.03. The second-order valence-corrected chi connectivity index (χ2v) is 6.72. The molecular weight excluding hydrogens is 198 g/mol. The van der Waals surface area contributed by atoms with Crippen LogP contribution in [0.1, 0.15) is 40.5 Å². The van der Waals surface area contributed by atoms with Gasteiger partial charge in [0.1, 0.15) is 0 Å². The van der Waals surface area contributed by atoms with E-state index < -0.39 is 0 Å². The van der Waals surface area contributed by atoms with Crippen molar-refractivity contribution in [3.63, 3.8) is 0 Å². The number of hydrogen-bond acceptors (Lipinski definition) is 2. The summed E-state index contributed by atoms with van der Waals surface area (Å²) in [6.45, 7) is 10.1. The van der Waals surface area contributed by atoms with E-state index in [1.807, 2.05) is 0 Å². The highest BCUT2D eigenvalue weighted by Crippen LogP contribution is 2.87. The maximum atomic E-state index is 10.6. The average molecular weight is 223 g/mol. The highest BCUT2D eigenvalue weighted by molar-refractivity contribution is 5.36. The van der Waals surface area contributed by atoms with Crippen molar-refractivity contribution in [1.82, 2.24) is 5.32 Å². The third-order valence-corrected chi connectivity index (χ3v) is 6.15. The zero-order valence-electron chi connectivity index (χ0n) is 11.0. The van der Waals surface area contributed by atoms with Crippen LogP contribution in [0.25, 0.3) is 0 Å². The lowest BCUT2D eigenvalue weighted by Crippen LogP contribution is -2.49. The second kappa shape index (κ2) is 3.02. The fraction of sp³-hybridized carbons (Fsp3) is 1.00. The first kappa shape index (κ1) is 11.0. The zero-order chi connectivity index (χ0) is 11.7. The molecule has 0 amide bonds. The minimum atomic E-state index is -0.118. The fourth-order valence-corrected chi connectivity index (χ4v) is 5.79. The van der Waals surface area contributed by atoms with Gasteiger partial charge in [-0.3, -0.25) is 0 Å². The van der Waals surface area contributed by atoms with Gasteiger partial charge in [-0.2, -0.15) is 0 Å². The van der Waals surface area contributed by atoms with Crippen LogP contribution in [0.15, 0.2) is 0 Å². The number of rotatable bonds is 3. The Morgan fingerprint density at radius 2 is 2.12 bits per heavy atom. The molecule has 0 aromatic rings. The lowest BCUT2D eigenvalue weighted by atomic mass is 9.66. The van der Waals surface area contributed by atoms with E-state index in [1.54, 1.807) is 0 Å². The van der Waals surface area contributed by atoms with Gasteiger partial charge in [0.15, 0.2) is 0 Å². The standard InChI is InChI=1S/C14H25NO/c1-5-15-10-9-6-7-14(9)11(8(2)3)13(14,4)12(10)16/h8-12,15-16H,5-7H2,1-4H3. The predicted molar refractivity (Wildman–Crippen MR) is 65.1 cm³/mol. The molecular formula is C14H25NO. The SMILES string of the molecule is CCNC1C(O)C2(C)C(C(C)C)C23CCC13. The molecule has 1 spiro atoms. The van der Waals surface area contributed by atoms with Gasteiger partial charge in [0.05, 0.1) is 6.10 Å². The number of aliphatic hydroxyl groups is 1. The Morgan fingerprint density at radius 3 is 2.50 bits per heavy atom. The summed E-state index contributed by atoms with van der Waals surface area (Å²) in [6.07, 6.45) is 2.57. The van der Waals surface area contributed by atoms with Gasteiger partial charge in [0.2, 0.25) is 0 Å². The van der Waals surface area contributed by atoms with Crippen LogP contribution in [-0.2, 0) is 0 Å². The van der Waals surface area contributed by atoms with Crippen LogP contribution < -0.4 is 5.32 Å². The molecule has 6 unspecified atom stereocenters. The molecule has 0 radical (unpaired) electrons. The van der Waals surface area contributed by atoms with Gasteiger partial charge < -0.3 is 10.4 Å². The van der Waals surface area contributed by atoms with Gasteiger partial charge in [-0.1, -0.05) is 27.7 Å². The van der Waals surface area contributed by atoms with E-state index in [9.17, 15) is 5.11 Å². The molecule has 3 aliphatic rings. The molecule has 0 aromatic heterocycles. The molecule has 6 atom stereocenters. The van der Waals surface area contributed by atoms with E-state index in [-0.39, 0.29) is 11.5 Å². The van der Waals surface area contributed by atoms with Crippen molar-refractivity contribution in [2.24, 2.45) is 28.6 Å². The van der Waals surface area contributed by atoms with Crippen LogP contribution in [0.5, 0.6) is 0 Å². The molecule has 0 heterocycles. The molecule has 2 nitrogen and oxygen atoms in total. The Morgan fingerprint density at radius 1 is 1.44 bits per heavy atom. The molecule has 0 aromatic carbocycles. The largest absolute Gasteiger partial charge is 0.391 e. The van der Waals surface area contributed by atoms with Crippen molar-refractivity contribution in [3.8, 4) is 0 Å². The molecule has 16 heavy (non-hydrogen) atoms. The smallest absolute Gasteiger partial charge is 0.0758 e. The third-order valence-electron chi connectivity index (χ3n) is 6.15. The van der Waals surface area contributed by atoms with Crippen molar-refractivity contribution in [1.29, 1.82) is 0 Å². The van der Waals surface area contributed by atoms with E-state index >= 15 is 0 Å². The molecule has 0 saturated heterocycles. The maximum absolute atomic E-state index is 10.6. The summed E-state index contributed by atoms with van der Waals surface area (Å²) in [5.74, 6) is 2.24. The van der Waals surface area contributed by atoms with Crippen LogP contribution in [0.2, 0.25) is 0 Å². The van der Waals surface area contributed by atoms with Crippen molar-refractivity contribution in [3.05, 3.63) is 0 Å². The lowest BCUT2D eigenvalue weighted by Gasteiger charge is -2.41. The van der Waals surface area contributed by atoms with Gasteiger partial charge >= 0.3 is 0 Å². The van der Waals surface area contributed by atoms with Crippen LogP contribution in [0, 0.1) is 28.6 Å². The molecule has 3 fully saturated rings. The summed E-state index contributed by atoms with van der Waals surface area (Å²) < 4.78 is 0. The molecule has 0 bridgehead atoms. The minimum absolute atomic E-state index is 0.118.